The van der Waals surface area contributed by atoms with Crippen LogP contribution in [0.2, 0.25) is 10.0 Å². The van der Waals surface area contributed by atoms with Crippen molar-refractivity contribution in [2.45, 2.75) is 17.9 Å². The van der Waals surface area contributed by atoms with Crippen LogP contribution < -0.4 is 4.74 Å². The minimum atomic E-state index is -3.72. The summed E-state index contributed by atoms with van der Waals surface area (Å²) in [6, 6.07) is 12.2. The van der Waals surface area contributed by atoms with Crippen LogP contribution in [0, 0.1) is 6.92 Å². The first-order valence-corrected chi connectivity index (χ1v) is 11.5. The number of aryl methyl sites for hydroxylation is 1. The summed E-state index contributed by atoms with van der Waals surface area (Å²) < 4.78 is 32.8. The summed E-state index contributed by atoms with van der Waals surface area (Å²) in [6.07, 6.45) is -0.667. The molecule has 1 saturated heterocycles. The van der Waals surface area contributed by atoms with Crippen molar-refractivity contribution >= 4 is 33.2 Å². The average Bonchev–Trinajstić information content (AvgIpc) is 2.70. The number of benzene rings is 2. The normalized spacial score (nSPS) is 17.2. The highest BCUT2D eigenvalue weighted by Gasteiger charge is 2.31. The summed E-state index contributed by atoms with van der Waals surface area (Å²) in [5.74, 6) is 0.751. The van der Waals surface area contributed by atoms with Gasteiger partial charge in [-0.1, -0.05) is 47.5 Å². The van der Waals surface area contributed by atoms with Crippen LogP contribution in [0.1, 0.15) is 5.56 Å². The fourth-order valence-corrected chi connectivity index (χ4v) is 5.39. The Morgan fingerprint density at radius 3 is 2.45 bits per heavy atom. The Morgan fingerprint density at radius 1 is 1.07 bits per heavy atom. The lowest BCUT2D eigenvalue weighted by Crippen LogP contribution is -2.50. The molecule has 1 heterocycles. The van der Waals surface area contributed by atoms with Crippen molar-refractivity contribution in [3.8, 4) is 5.75 Å². The van der Waals surface area contributed by atoms with Crippen LogP contribution in [0.5, 0.6) is 5.75 Å². The second kappa shape index (κ2) is 9.64. The van der Waals surface area contributed by atoms with Crippen molar-refractivity contribution in [2.75, 3.05) is 39.3 Å². The first-order valence-electron chi connectivity index (χ1n) is 9.32. The number of aliphatic hydroxyl groups is 1. The zero-order chi connectivity index (χ0) is 21.0. The van der Waals surface area contributed by atoms with Crippen LogP contribution in [-0.2, 0) is 10.0 Å². The topological polar surface area (TPSA) is 70.1 Å². The molecule has 3 rings (SSSR count). The number of nitrogens with zero attached hydrogens (tertiary/aromatic N) is 2. The zero-order valence-corrected chi connectivity index (χ0v) is 18.4. The lowest BCUT2D eigenvalue weighted by Gasteiger charge is -2.35. The van der Waals surface area contributed by atoms with E-state index in [2.05, 4.69) is 0 Å². The van der Waals surface area contributed by atoms with Crippen LogP contribution in [0.15, 0.2) is 47.4 Å². The van der Waals surface area contributed by atoms with Gasteiger partial charge in [0.15, 0.2) is 0 Å². The molecule has 158 valence electrons. The van der Waals surface area contributed by atoms with E-state index in [4.69, 9.17) is 27.9 Å². The molecule has 0 saturated carbocycles. The molecule has 2 aromatic carbocycles. The monoisotopic (exact) mass is 458 g/mol. The molecule has 29 heavy (non-hydrogen) atoms. The van der Waals surface area contributed by atoms with Crippen LogP contribution >= 0.6 is 23.2 Å². The van der Waals surface area contributed by atoms with Crippen LogP contribution in [0.3, 0.4) is 0 Å². The number of rotatable bonds is 7. The summed E-state index contributed by atoms with van der Waals surface area (Å²) in [7, 11) is -3.72. The third-order valence-electron chi connectivity index (χ3n) is 4.86. The Balaban J connectivity index is 1.52. The largest absolute Gasteiger partial charge is 0.491 e. The summed E-state index contributed by atoms with van der Waals surface area (Å²) in [5.41, 5.74) is 1.01. The van der Waals surface area contributed by atoms with Crippen molar-refractivity contribution < 1.29 is 18.3 Å². The predicted molar refractivity (Wildman–Crippen MR) is 114 cm³/mol. The third-order valence-corrected chi connectivity index (χ3v) is 7.73. The Kier molecular flexibility index (Phi) is 7.42. The fraction of sp³-hybridized carbons (Fsp3) is 0.400. The van der Waals surface area contributed by atoms with Gasteiger partial charge in [0.05, 0.1) is 10.0 Å². The van der Waals surface area contributed by atoms with E-state index in [0.717, 1.165) is 11.3 Å². The molecule has 1 fully saturated rings. The molecule has 1 aliphatic rings. The highest BCUT2D eigenvalue weighted by Crippen LogP contribution is 2.31. The van der Waals surface area contributed by atoms with E-state index in [1.807, 2.05) is 36.1 Å². The lowest BCUT2D eigenvalue weighted by atomic mass is 10.2. The Bertz CT molecular complexity index is 947. The second-order valence-electron chi connectivity index (χ2n) is 6.99. The number of hydrogen-bond acceptors (Lipinski definition) is 5. The summed E-state index contributed by atoms with van der Waals surface area (Å²) in [5, 5.41) is 10.5. The molecular weight excluding hydrogens is 435 g/mol. The molecule has 2 aromatic rings. The summed E-state index contributed by atoms with van der Waals surface area (Å²) >= 11 is 12.1. The first kappa shape index (κ1) is 22.3. The quantitative estimate of drug-likeness (QED) is 0.690. The third kappa shape index (κ3) is 5.42. The van der Waals surface area contributed by atoms with E-state index >= 15 is 0 Å². The minimum Gasteiger partial charge on any atom is -0.491 e. The van der Waals surface area contributed by atoms with Gasteiger partial charge in [-0.25, -0.2) is 8.42 Å². The minimum absolute atomic E-state index is 0.0202. The predicted octanol–water partition coefficient (Wildman–Crippen LogP) is 3.05. The van der Waals surface area contributed by atoms with Gasteiger partial charge in [0.2, 0.25) is 10.0 Å². The molecule has 0 radical (unpaired) electrons. The van der Waals surface area contributed by atoms with Crippen LogP contribution in [0.25, 0.3) is 0 Å². The Hall–Kier alpha value is -1.35. The van der Waals surface area contributed by atoms with Crippen LogP contribution in [0.4, 0.5) is 0 Å². The fourth-order valence-electron chi connectivity index (χ4n) is 3.23. The van der Waals surface area contributed by atoms with Gasteiger partial charge in [-0.3, -0.25) is 4.90 Å². The van der Waals surface area contributed by atoms with Crippen molar-refractivity contribution in [3.63, 3.8) is 0 Å². The van der Waals surface area contributed by atoms with Gasteiger partial charge in [-0.2, -0.15) is 4.31 Å². The molecule has 0 aliphatic carbocycles. The van der Waals surface area contributed by atoms with E-state index in [0.29, 0.717) is 32.7 Å². The van der Waals surface area contributed by atoms with Crippen molar-refractivity contribution in [1.82, 2.24) is 9.21 Å². The number of hydrogen-bond donors (Lipinski definition) is 1. The van der Waals surface area contributed by atoms with Gasteiger partial charge >= 0.3 is 0 Å². The number of aliphatic hydroxyl groups excluding tert-OH is 1. The van der Waals surface area contributed by atoms with E-state index in [-0.39, 0.29) is 21.5 Å². The zero-order valence-electron chi connectivity index (χ0n) is 16.1. The standard InChI is InChI=1S/C20H24Cl2N2O4S/c1-15-5-2-3-7-18(15)28-14-16(25)13-23-9-11-24(12-10-23)29(26,27)19-8-4-6-17(21)20(19)22/h2-8,16,25H,9-14H2,1H3. The van der Waals surface area contributed by atoms with Crippen molar-refractivity contribution in [1.29, 1.82) is 0 Å². The molecule has 0 spiro atoms. The van der Waals surface area contributed by atoms with Crippen molar-refractivity contribution in [2.24, 2.45) is 0 Å². The maximum absolute atomic E-state index is 12.9. The highest BCUT2D eigenvalue weighted by atomic mass is 35.5. The molecule has 0 amide bonds. The van der Waals surface area contributed by atoms with Gasteiger partial charge in [-0.15, -0.1) is 0 Å². The lowest BCUT2D eigenvalue weighted by molar-refractivity contribution is 0.0567. The van der Waals surface area contributed by atoms with E-state index in [9.17, 15) is 13.5 Å². The molecule has 1 aliphatic heterocycles. The summed E-state index contributed by atoms with van der Waals surface area (Å²) in [4.78, 5) is 2.05. The molecule has 1 unspecified atom stereocenters. The van der Waals surface area contributed by atoms with E-state index in [1.54, 1.807) is 12.1 Å². The van der Waals surface area contributed by atoms with Crippen molar-refractivity contribution in [3.05, 3.63) is 58.1 Å². The number of ether oxygens (including phenoxy) is 1. The van der Waals surface area contributed by atoms with Gasteiger partial charge in [0.1, 0.15) is 23.4 Å². The molecule has 6 nitrogen and oxygen atoms in total. The highest BCUT2D eigenvalue weighted by molar-refractivity contribution is 7.89. The van der Waals surface area contributed by atoms with Gasteiger partial charge in [0.25, 0.3) is 0 Å². The number of sulfonamides is 1. The molecule has 9 heteroatoms. The number of β-amino-alcohol motifs (C(OH)–C–C–N with tert-alkyl or cyclic N) is 1. The average molecular weight is 459 g/mol. The number of para-hydroxylation sites is 1. The molecule has 1 atom stereocenters. The molecule has 0 bridgehead atoms. The number of piperazine rings is 1. The smallest absolute Gasteiger partial charge is 0.244 e. The van der Waals surface area contributed by atoms with Crippen LogP contribution in [-0.4, -0.2) is 68.2 Å². The molecular formula is C20H24Cl2N2O4S. The van der Waals surface area contributed by atoms with Gasteiger partial charge in [0, 0.05) is 32.7 Å². The Labute approximate surface area is 181 Å². The first-order chi connectivity index (χ1) is 13.8. The van der Waals surface area contributed by atoms with Gasteiger partial charge in [-0.05, 0) is 30.7 Å². The SMILES string of the molecule is Cc1ccccc1OCC(O)CN1CCN(S(=O)(=O)c2cccc(Cl)c2Cl)CC1. The Morgan fingerprint density at radius 2 is 1.76 bits per heavy atom. The maximum Gasteiger partial charge on any atom is 0.244 e. The molecule has 0 aromatic heterocycles. The summed E-state index contributed by atoms with van der Waals surface area (Å²) in [6.45, 7) is 4.21. The molecule has 1 N–H and O–H groups in total. The maximum atomic E-state index is 12.9. The number of halogens is 2. The van der Waals surface area contributed by atoms with E-state index in [1.165, 1.54) is 10.4 Å². The second-order valence-corrected chi connectivity index (χ2v) is 9.68. The van der Waals surface area contributed by atoms with Gasteiger partial charge < -0.3 is 9.84 Å². The van der Waals surface area contributed by atoms with E-state index < -0.39 is 16.1 Å².